The van der Waals surface area contributed by atoms with E-state index in [1.807, 2.05) is 12.1 Å². The van der Waals surface area contributed by atoms with E-state index in [-0.39, 0.29) is 12.6 Å². The van der Waals surface area contributed by atoms with E-state index in [9.17, 15) is 13.5 Å². The highest BCUT2D eigenvalue weighted by atomic mass is 32.2. The lowest BCUT2D eigenvalue weighted by Gasteiger charge is -2.22. The molecular formula is C15H23NO3S. The Balaban J connectivity index is 2.21. The first-order valence-electron chi connectivity index (χ1n) is 7.17. The number of aliphatic hydroxyl groups is 1. The number of nitrogens with zero attached hydrogens (tertiary/aromatic N) is 1. The molecule has 4 nitrogen and oxygen atoms in total. The van der Waals surface area contributed by atoms with Crippen LogP contribution in [0.3, 0.4) is 0 Å². The van der Waals surface area contributed by atoms with Crippen LogP contribution in [0.4, 0.5) is 0 Å². The molecule has 1 aromatic carbocycles. The normalized spacial score (nSPS) is 20.7. The fourth-order valence-electron chi connectivity index (χ4n) is 2.71. The maximum atomic E-state index is 12.6. The van der Waals surface area contributed by atoms with Crippen LogP contribution in [0.2, 0.25) is 0 Å². The summed E-state index contributed by atoms with van der Waals surface area (Å²) in [5, 5.41) is 9.28. The van der Waals surface area contributed by atoms with Crippen LogP contribution < -0.4 is 0 Å². The van der Waals surface area contributed by atoms with Crippen LogP contribution in [0.1, 0.15) is 32.3 Å². The lowest BCUT2D eigenvalue weighted by molar-refractivity contribution is 0.213. The van der Waals surface area contributed by atoms with E-state index >= 15 is 0 Å². The minimum atomic E-state index is -3.47. The van der Waals surface area contributed by atoms with Crippen LogP contribution in [0.5, 0.6) is 0 Å². The predicted octanol–water partition coefficient (Wildman–Crippen LogP) is 2.03. The van der Waals surface area contributed by atoms with E-state index < -0.39 is 10.0 Å². The van der Waals surface area contributed by atoms with Crippen LogP contribution >= 0.6 is 0 Å². The zero-order valence-corrected chi connectivity index (χ0v) is 12.9. The van der Waals surface area contributed by atoms with Gasteiger partial charge in [-0.05, 0) is 42.9 Å². The van der Waals surface area contributed by atoms with Gasteiger partial charge in [0.2, 0.25) is 10.0 Å². The Hall–Kier alpha value is -0.910. The quantitative estimate of drug-likeness (QED) is 0.904. The smallest absolute Gasteiger partial charge is 0.243 e. The van der Waals surface area contributed by atoms with Crippen LogP contribution in [-0.2, 0) is 16.4 Å². The summed E-state index contributed by atoms with van der Waals surface area (Å²) in [6.45, 7) is 4.67. The van der Waals surface area contributed by atoms with Crippen molar-refractivity contribution in [2.45, 2.75) is 44.0 Å². The fourth-order valence-corrected chi connectivity index (χ4v) is 4.40. The average Bonchev–Trinajstić information content (AvgIpc) is 2.87. The summed E-state index contributed by atoms with van der Waals surface area (Å²) in [4.78, 5) is 0.324. The summed E-state index contributed by atoms with van der Waals surface area (Å²) < 4.78 is 26.5. The Morgan fingerprint density at radius 3 is 2.50 bits per heavy atom. The van der Waals surface area contributed by atoms with Gasteiger partial charge in [-0.15, -0.1) is 0 Å². The molecule has 0 aliphatic carbocycles. The van der Waals surface area contributed by atoms with Gasteiger partial charge in [-0.25, -0.2) is 8.42 Å². The Kier molecular flexibility index (Phi) is 4.83. The van der Waals surface area contributed by atoms with Gasteiger partial charge in [0.05, 0.1) is 11.5 Å². The molecule has 1 heterocycles. The van der Waals surface area contributed by atoms with Crippen molar-refractivity contribution < 1.29 is 13.5 Å². The number of hydrogen-bond donors (Lipinski definition) is 1. The zero-order chi connectivity index (χ0) is 14.8. The van der Waals surface area contributed by atoms with Crippen molar-refractivity contribution in [3.8, 4) is 0 Å². The summed E-state index contributed by atoms with van der Waals surface area (Å²) in [7, 11) is -3.47. The molecule has 1 unspecified atom stereocenters. The Morgan fingerprint density at radius 2 is 1.95 bits per heavy atom. The summed E-state index contributed by atoms with van der Waals surface area (Å²) >= 11 is 0. The average molecular weight is 297 g/mol. The molecule has 5 heteroatoms. The number of hydrogen-bond acceptors (Lipinski definition) is 3. The van der Waals surface area contributed by atoms with E-state index in [0.29, 0.717) is 17.4 Å². The molecule has 2 rings (SSSR count). The van der Waals surface area contributed by atoms with Crippen LogP contribution in [0.15, 0.2) is 29.2 Å². The minimum absolute atomic E-state index is 0.106. The molecule has 1 fully saturated rings. The molecule has 1 aliphatic heterocycles. The second-order valence-electron chi connectivity index (χ2n) is 5.84. The Bertz CT molecular complexity index is 537. The molecule has 0 bridgehead atoms. The second kappa shape index (κ2) is 6.24. The SMILES string of the molecule is CC(C)Cc1ccc(S(=O)(=O)N2CCCC2CO)cc1. The maximum Gasteiger partial charge on any atom is 0.243 e. The van der Waals surface area contributed by atoms with Gasteiger partial charge in [0.15, 0.2) is 0 Å². The highest BCUT2D eigenvalue weighted by molar-refractivity contribution is 7.89. The van der Waals surface area contributed by atoms with Gasteiger partial charge in [0.1, 0.15) is 0 Å². The van der Waals surface area contributed by atoms with E-state index in [4.69, 9.17) is 0 Å². The number of benzene rings is 1. The maximum absolute atomic E-state index is 12.6. The van der Waals surface area contributed by atoms with Crippen molar-refractivity contribution in [2.24, 2.45) is 5.92 Å². The standard InChI is InChI=1S/C15H23NO3S/c1-12(2)10-13-5-7-15(8-6-13)20(18,19)16-9-3-4-14(16)11-17/h5-8,12,14,17H,3-4,9-11H2,1-2H3. The molecule has 1 aromatic rings. The van der Waals surface area contributed by atoms with Gasteiger partial charge in [0.25, 0.3) is 0 Å². The van der Waals surface area contributed by atoms with Crippen molar-refractivity contribution in [1.82, 2.24) is 4.31 Å². The molecule has 1 saturated heterocycles. The topological polar surface area (TPSA) is 57.6 Å². The fraction of sp³-hybridized carbons (Fsp3) is 0.600. The van der Waals surface area contributed by atoms with E-state index in [1.54, 1.807) is 12.1 Å². The first-order valence-corrected chi connectivity index (χ1v) is 8.61. The summed E-state index contributed by atoms with van der Waals surface area (Å²) in [5.74, 6) is 0.551. The Morgan fingerprint density at radius 1 is 1.30 bits per heavy atom. The van der Waals surface area contributed by atoms with E-state index in [1.165, 1.54) is 4.31 Å². The molecule has 0 amide bonds. The minimum Gasteiger partial charge on any atom is -0.395 e. The monoisotopic (exact) mass is 297 g/mol. The second-order valence-corrected chi connectivity index (χ2v) is 7.73. The highest BCUT2D eigenvalue weighted by Crippen LogP contribution is 2.26. The summed E-state index contributed by atoms with van der Waals surface area (Å²) in [5.41, 5.74) is 1.15. The molecule has 0 spiro atoms. The van der Waals surface area contributed by atoms with Gasteiger partial charge in [-0.3, -0.25) is 0 Å². The zero-order valence-electron chi connectivity index (χ0n) is 12.1. The lowest BCUT2D eigenvalue weighted by atomic mass is 10.0. The molecular weight excluding hydrogens is 274 g/mol. The molecule has 1 N–H and O–H groups in total. The number of sulfonamides is 1. The molecule has 112 valence electrons. The van der Waals surface area contributed by atoms with Crippen molar-refractivity contribution in [3.63, 3.8) is 0 Å². The van der Waals surface area contributed by atoms with Crippen molar-refractivity contribution in [2.75, 3.05) is 13.2 Å². The molecule has 0 saturated carbocycles. The van der Waals surface area contributed by atoms with E-state index in [0.717, 1.165) is 24.8 Å². The third-order valence-electron chi connectivity index (χ3n) is 3.71. The first kappa shape index (κ1) is 15.5. The molecule has 1 atom stereocenters. The van der Waals surface area contributed by atoms with Gasteiger partial charge < -0.3 is 5.11 Å². The Labute approximate surface area is 121 Å². The summed E-state index contributed by atoms with van der Waals surface area (Å²) in [6, 6.07) is 6.86. The molecule has 1 aliphatic rings. The molecule has 0 radical (unpaired) electrons. The van der Waals surface area contributed by atoms with Crippen molar-refractivity contribution in [3.05, 3.63) is 29.8 Å². The summed E-state index contributed by atoms with van der Waals surface area (Å²) in [6.07, 6.45) is 2.50. The van der Waals surface area contributed by atoms with Crippen molar-refractivity contribution in [1.29, 1.82) is 0 Å². The molecule has 0 aromatic heterocycles. The highest BCUT2D eigenvalue weighted by Gasteiger charge is 2.34. The van der Waals surface area contributed by atoms with Crippen LogP contribution in [-0.4, -0.2) is 37.0 Å². The predicted molar refractivity (Wildman–Crippen MR) is 79.0 cm³/mol. The van der Waals surface area contributed by atoms with Crippen molar-refractivity contribution >= 4 is 10.0 Å². The van der Waals surface area contributed by atoms with Gasteiger partial charge in [-0.2, -0.15) is 4.31 Å². The number of rotatable bonds is 5. The third-order valence-corrected chi connectivity index (χ3v) is 5.67. The van der Waals surface area contributed by atoms with E-state index in [2.05, 4.69) is 13.8 Å². The van der Waals surface area contributed by atoms with Gasteiger partial charge >= 0.3 is 0 Å². The van der Waals surface area contributed by atoms with Gasteiger partial charge in [0, 0.05) is 12.6 Å². The largest absolute Gasteiger partial charge is 0.395 e. The number of aliphatic hydroxyl groups excluding tert-OH is 1. The van der Waals surface area contributed by atoms with Crippen LogP contribution in [0.25, 0.3) is 0 Å². The third kappa shape index (κ3) is 3.22. The van der Waals surface area contributed by atoms with Gasteiger partial charge in [-0.1, -0.05) is 26.0 Å². The lowest BCUT2D eigenvalue weighted by Crippen LogP contribution is -2.37. The first-order chi connectivity index (χ1) is 9.45. The van der Waals surface area contributed by atoms with Crippen LogP contribution in [0, 0.1) is 5.92 Å². The molecule has 20 heavy (non-hydrogen) atoms.